The van der Waals surface area contributed by atoms with Gasteiger partial charge in [0.2, 0.25) is 0 Å². The van der Waals surface area contributed by atoms with Crippen LogP contribution in [0.2, 0.25) is 0 Å². The molecule has 1 aromatic rings. The molecule has 0 radical (unpaired) electrons. The van der Waals surface area contributed by atoms with E-state index in [0.717, 1.165) is 5.57 Å². The fourth-order valence-corrected chi connectivity index (χ4v) is 1.45. The molecule has 1 amide bonds. The summed E-state index contributed by atoms with van der Waals surface area (Å²) in [6.45, 7) is 9.16. The van der Waals surface area contributed by atoms with Gasteiger partial charge in [-0.2, -0.15) is 0 Å². The lowest BCUT2D eigenvalue weighted by Crippen LogP contribution is -2.22. The Balaban J connectivity index is 2.93. The van der Waals surface area contributed by atoms with Crippen molar-refractivity contribution in [1.82, 2.24) is 5.32 Å². The van der Waals surface area contributed by atoms with Gasteiger partial charge in [-0.25, -0.2) is 4.39 Å². The standard InChI is InChI=1S/C14H13BrFNO/c1-4-13(9(2)10(3)15)17-14(18)11-5-7-12(16)8-6-11/h4-8H,1,3H2,2H3,(H,17,18)/b13-9+. The topological polar surface area (TPSA) is 29.1 Å². The van der Waals surface area contributed by atoms with Crippen LogP contribution >= 0.6 is 15.9 Å². The molecular weight excluding hydrogens is 297 g/mol. The van der Waals surface area contributed by atoms with E-state index in [2.05, 4.69) is 34.4 Å². The third-order valence-corrected chi connectivity index (χ3v) is 2.96. The number of carbonyl (C=O) groups excluding carboxylic acids is 1. The van der Waals surface area contributed by atoms with Crippen LogP contribution in [-0.2, 0) is 0 Å². The largest absolute Gasteiger partial charge is 0.322 e. The SMILES string of the molecule is C=C/C(NC(=O)c1ccc(F)cc1)=C(/C)C(=C)Br. The van der Waals surface area contributed by atoms with Crippen molar-refractivity contribution < 1.29 is 9.18 Å². The van der Waals surface area contributed by atoms with E-state index < -0.39 is 0 Å². The zero-order valence-corrected chi connectivity index (χ0v) is 11.6. The smallest absolute Gasteiger partial charge is 0.255 e. The third kappa shape index (κ3) is 3.67. The molecule has 0 saturated carbocycles. The van der Waals surface area contributed by atoms with Crippen LogP contribution in [0, 0.1) is 5.82 Å². The Hall–Kier alpha value is -1.68. The van der Waals surface area contributed by atoms with Gasteiger partial charge in [-0.15, -0.1) is 0 Å². The third-order valence-electron chi connectivity index (χ3n) is 2.37. The molecule has 0 bridgehead atoms. The van der Waals surface area contributed by atoms with Crippen LogP contribution in [0.25, 0.3) is 0 Å². The maximum absolute atomic E-state index is 12.7. The first-order valence-corrected chi connectivity index (χ1v) is 6.00. The van der Waals surface area contributed by atoms with Crippen LogP contribution in [0.5, 0.6) is 0 Å². The minimum absolute atomic E-state index is 0.321. The average Bonchev–Trinajstić information content (AvgIpc) is 2.35. The molecule has 0 aliphatic heterocycles. The van der Waals surface area contributed by atoms with E-state index in [1.54, 1.807) is 6.92 Å². The van der Waals surface area contributed by atoms with Crippen molar-refractivity contribution in [2.45, 2.75) is 6.92 Å². The predicted molar refractivity (Wildman–Crippen MR) is 74.8 cm³/mol. The summed E-state index contributed by atoms with van der Waals surface area (Å²) in [4.78, 5) is 11.9. The maximum Gasteiger partial charge on any atom is 0.255 e. The van der Waals surface area contributed by atoms with E-state index in [1.165, 1.54) is 30.3 Å². The van der Waals surface area contributed by atoms with Gasteiger partial charge < -0.3 is 5.32 Å². The highest BCUT2D eigenvalue weighted by atomic mass is 79.9. The first-order valence-electron chi connectivity index (χ1n) is 5.20. The molecule has 0 atom stereocenters. The minimum atomic E-state index is -0.379. The van der Waals surface area contributed by atoms with Crippen molar-refractivity contribution in [3.05, 3.63) is 70.6 Å². The summed E-state index contributed by atoms with van der Waals surface area (Å²) in [7, 11) is 0. The summed E-state index contributed by atoms with van der Waals surface area (Å²) in [5, 5.41) is 2.69. The van der Waals surface area contributed by atoms with E-state index in [4.69, 9.17) is 0 Å². The molecule has 18 heavy (non-hydrogen) atoms. The van der Waals surface area contributed by atoms with Gasteiger partial charge in [-0.05, 0) is 42.8 Å². The molecule has 1 N–H and O–H groups in total. The quantitative estimate of drug-likeness (QED) is 0.839. The lowest BCUT2D eigenvalue weighted by atomic mass is 10.2. The molecule has 0 aliphatic rings. The number of rotatable bonds is 4. The van der Waals surface area contributed by atoms with Crippen LogP contribution in [0.15, 0.2) is 59.3 Å². The zero-order valence-electron chi connectivity index (χ0n) is 9.97. The van der Waals surface area contributed by atoms with Gasteiger partial charge in [-0.3, -0.25) is 4.79 Å². The Morgan fingerprint density at radius 1 is 1.39 bits per heavy atom. The first-order chi connectivity index (χ1) is 8.45. The molecule has 0 aliphatic carbocycles. The van der Waals surface area contributed by atoms with Gasteiger partial charge in [0.15, 0.2) is 0 Å². The average molecular weight is 310 g/mol. The molecule has 1 rings (SSSR count). The van der Waals surface area contributed by atoms with E-state index in [0.29, 0.717) is 15.7 Å². The van der Waals surface area contributed by atoms with Crippen molar-refractivity contribution >= 4 is 21.8 Å². The van der Waals surface area contributed by atoms with Crippen molar-refractivity contribution in [2.24, 2.45) is 0 Å². The molecule has 2 nitrogen and oxygen atoms in total. The van der Waals surface area contributed by atoms with Crippen LogP contribution in [0.3, 0.4) is 0 Å². The predicted octanol–water partition coefficient (Wildman–Crippen LogP) is 3.92. The Morgan fingerprint density at radius 3 is 2.39 bits per heavy atom. The van der Waals surface area contributed by atoms with Gasteiger partial charge in [-0.1, -0.05) is 29.1 Å². The normalized spacial score (nSPS) is 11.5. The number of amides is 1. The van der Waals surface area contributed by atoms with Crippen LogP contribution in [-0.4, -0.2) is 5.91 Å². The van der Waals surface area contributed by atoms with Gasteiger partial charge >= 0.3 is 0 Å². The number of hydrogen-bond acceptors (Lipinski definition) is 1. The molecule has 0 unspecified atom stereocenters. The number of carbonyl (C=O) groups is 1. The van der Waals surface area contributed by atoms with Gasteiger partial charge in [0, 0.05) is 15.7 Å². The molecule has 4 heteroatoms. The Labute approximate surface area is 114 Å². The second-order valence-corrected chi connectivity index (χ2v) is 4.57. The lowest BCUT2D eigenvalue weighted by Gasteiger charge is -2.09. The number of allylic oxidation sites excluding steroid dienone is 3. The summed E-state index contributed by atoms with van der Waals surface area (Å²) in [5.74, 6) is -0.700. The Kier molecular flexibility index (Phi) is 5.04. The summed E-state index contributed by atoms with van der Waals surface area (Å²) in [5.41, 5.74) is 1.72. The fraction of sp³-hybridized carbons (Fsp3) is 0.0714. The molecule has 0 spiro atoms. The van der Waals surface area contributed by atoms with E-state index in [9.17, 15) is 9.18 Å². The van der Waals surface area contributed by atoms with Gasteiger partial charge in [0.1, 0.15) is 5.82 Å². The Morgan fingerprint density at radius 2 is 1.94 bits per heavy atom. The highest BCUT2D eigenvalue weighted by Gasteiger charge is 2.08. The highest BCUT2D eigenvalue weighted by Crippen LogP contribution is 2.17. The second kappa shape index (κ2) is 6.31. The van der Waals surface area contributed by atoms with Crippen molar-refractivity contribution in [3.8, 4) is 0 Å². The number of halogens is 2. The van der Waals surface area contributed by atoms with E-state index in [1.807, 2.05) is 0 Å². The molecule has 0 heterocycles. The monoisotopic (exact) mass is 309 g/mol. The molecule has 1 aromatic carbocycles. The van der Waals surface area contributed by atoms with Crippen molar-refractivity contribution in [1.29, 1.82) is 0 Å². The van der Waals surface area contributed by atoms with Gasteiger partial charge in [0.05, 0.1) is 0 Å². The number of hydrogen-bond donors (Lipinski definition) is 1. The molecule has 0 aromatic heterocycles. The Bertz CT molecular complexity index is 517. The minimum Gasteiger partial charge on any atom is -0.322 e. The highest BCUT2D eigenvalue weighted by molar-refractivity contribution is 9.11. The van der Waals surface area contributed by atoms with Crippen molar-refractivity contribution in [2.75, 3.05) is 0 Å². The molecule has 0 saturated heterocycles. The first kappa shape index (κ1) is 14.4. The van der Waals surface area contributed by atoms with E-state index >= 15 is 0 Å². The van der Waals surface area contributed by atoms with Gasteiger partial charge in [0.25, 0.3) is 5.91 Å². The molecular formula is C14H13BrFNO. The van der Waals surface area contributed by atoms with Crippen LogP contribution in [0.4, 0.5) is 4.39 Å². The zero-order chi connectivity index (χ0) is 13.7. The van der Waals surface area contributed by atoms with Crippen LogP contribution < -0.4 is 5.32 Å². The number of nitrogens with one attached hydrogen (secondary N) is 1. The summed E-state index contributed by atoms with van der Waals surface area (Å²) in [6, 6.07) is 5.32. The summed E-state index contributed by atoms with van der Waals surface area (Å²) < 4.78 is 13.4. The fourth-order valence-electron chi connectivity index (χ4n) is 1.24. The van der Waals surface area contributed by atoms with Crippen LogP contribution in [0.1, 0.15) is 17.3 Å². The summed E-state index contributed by atoms with van der Waals surface area (Å²) in [6.07, 6.45) is 1.53. The maximum atomic E-state index is 12.7. The number of benzene rings is 1. The molecule has 0 fully saturated rings. The summed E-state index contributed by atoms with van der Waals surface area (Å²) >= 11 is 3.24. The second-order valence-electron chi connectivity index (χ2n) is 3.61. The molecule has 94 valence electrons. The van der Waals surface area contributed by atoms with Crippen molar-refractivity contribution in [3.63, 3.8) is 0 Å². The lowest BCUT2D eigenvalue weighted by molar-refractivity contribution is 0.0967. The van der Waals surface area contributed by atoms with E-state index in [-0.39, 0.29) is 11.7 Å².